The highest BCUT2D eigenvalue weighted by Crippen LogP contribution is 2.38. The largest absolute Gasteiger partial charge is 0.486 e. The van der Waals surface area contributed by atoms with E-state index in [2.05, 4.69) is 10.3 Å². The summed E-state index contributed by atoms with van der Waals surface area (Å²) >= 11 is 9.44. The van der Waals surface area contributed by atoms with Gasteiger partial charge < -0.3 is 14.8 Å². The number of aromatic nitrogens is 1. The fourth-order valence-electron chi connectivity index (χ4n) is 2.78. The second-order valence-corrected chi connectivity index (χ2v) is 8.19. The lowest BCUT2D eigenvalue weighted by Crippen LogP contribution is -2.23. The van der Waals surface area contributed by atoms with Crippen LogP contribution in [0.3, 0.4) is 0 Å². The van der Waals surface area contributed by atoms with Crippen molar-refractivity contribution in [3.05, 3.63) is 69.1 Å². The van der Waals surface area contributed by atoms with Crippen molar-refractivity contribution in [1.82, 2.24) is 10.3 Å². The fraction of sp³-hybridized carbons (Fsp3) is 0.200. The van der Waals surface area contributed by atoms with Crippen molar-refractivity contribution in [2.24, 2.45) is 0 Å². The van der Waals surface area contributed by atoms with Gasteiger partial charge in [-0.15, -0.1) is 23.1 Å². The number of hydrogen-bond donors (Lipinski definition) is 1. The summed E-state index contributed by atoms with van der Waals surface area (Å²) in [6.07, 6.45) is 0. The van der Waals surface area contributed by atoms with Crippen LogP contribution in [0, 0.1) is 0 Å². The fourth-order valence-corrected chi connectivity index (χ4v) is 4.69. The van der Waals surface area contributed by atoms with Crippen LogP contribution in [-0.2, 0) is 12.3 Å². The molecule has 1 aliphatic rings. The molecule has 28 heavy (non-hydrogen) atoms. The molecule has 0 atom stereocenters. The Hall–Kier alpha value is -2.22. The van der Waals surface area contributed by atoms with Crippen LogP contribution in [0.25, 0.3) is 0 Å². The number of halogens is 1. The molecule has 1 aromatic heterocycles. The molecule has 8 heteroatoms. The molecule has 0 bridgehead atoms. The van der Waals surface area contributed by atoms with Crippen molar-refractivity contribution in [2.75, 3.05) is 13.2 Å². The van der Waals surface area contributed by atoms with Gasteiger partial charge in [0.2, 0.25) is 0 Å². The quantitative estimate of drug-likeness (QED) is 0.567. The average molecular weight is 433 g/mol. The Balaban J connectivity index is 1.43. The topological polar surface area (TPSA) is 60.5 Å². The summed E-state index contributed by atoms with van der Waals surface area (Å²) in [4.78, 5) is 18.0. The first kappa shape index (κ1) is 19.1. The number of nitrogens with one attached hydrogen (secondary N) is 1. The van der Waals surface area contributed by atoms with Gasteiger partial charge in [-0.1, -0.05) is 23.7 Å². The van der Waals surface area contributed by atoms with E-state index in [1.165, 1.54) is 0 Å². The SMILES string of the molecule is O=C(NCc1cc(Cl)c2c(c1)OCCO2)c1ccccc1SCc1cscn1. The summed E-state index contributed by atoms with van der Waals surface area (Å²) in [7, 11) is 0. The molecule has 0 radical (unpaired) electrons. The van der Waals surface area contributed by atoms with Crippen LogP contribution in [0.1, 0.15) is 21.6 Å². The molecule has 0 saturated carbocycles. The molecule has 0 unspecified atom stereocenters. The van der Waals surface area contributed by atoms with Gasteiger partial charge in [0.15, 0.2) is 11.5 Å². The number of carbonyl (C=O) groups is 1. The third kappa shape index (κ3) is 4.43. The van der Waals surface area contributed by atoms with E-state index in [1.807, 2.05) is 41.2 Å². The number of fused-ring (bicyclic) bond motifs is 1. The standard InChI is InChI=1S/C20H17ClN2O3S2/c21-16-7-13(8-17-19(16)26-6-5-25-17)9-22-20(24)15-3-1-2-4-18(15)28-11-14-10-27-12-23-14/h1-4,7-8,10,12H,5-6,9,11H2,(H,22,24). The highest BCUT2D eigenvalue weighted by molar-refractivity contribution is 7.98. The van der Waals surface area contributed by atoms with Crippen LogP contribution >= 0.6 is 34.7 Å². The number of carbonyl (C=O) groups excluding carboxylic acids is 1. The zero-order chi connectivity index (χ0) is 19.3. The predicted molar refractivity (Wildman–Crippen MR) is 112 cm³/mol. The van der Waals surface area contributed by atoms with E-state index >= 15 is 0 Å². The van der Waals surface area contributed by atoms with Crippen molar-refractivity contribution in [3.8, 4) is 11.5 Å². The minimum atomic E-state index is -0.132. The first-order valence-electron chi connectivity index (χ1n) is 8.66. The van der Waals surface area contributed by atoms with Crippen LogP contribution in [-0.4, -0.2) is 24.1 Å². The zero-order valence-corrected chi connectivity index (χ0v) is 17.2. The van der Waals surface area contributed by atoms with E-state index in [1.54, 1.807) is 29.2 Å². The Labute approximate surface area is 176 Å². The molecule has 0 aliphatic carbocycles. The van der Waals surface area contributed by atoms with E-state index in [0.29, 0.717) is 41.8 Å². The lowest BCUT2D eigenvalue weighted by molar-refractivity contribution is 0.0948. The number of benzene rings is 2. The van der Waals surface area contributed by atoms with Crippen LogP contribution < -0.4 is 14.8 Å². The molecule has 2 aromatic carbocycles. The van der Waals surface area contributed by atoms with E-state index in [9.17, 15) is 4.79 Å². The third-order valence-corrected chi connectivity index (χ3v) is 6.12. The number of ether oxygens (including phenoxy) is 2. The molecule has 2 heterocycles. The molecular formula is C20H17ClN2O3S2. The second-order valence-electron chi connectivity index (χ2n) is 6.05. The molecule has 0 fully saturated rings. The molecule has 3 aromatic rings. The zero-order valence-electron chi connectivity index (χ0n) is 14.8. The third-order valence-electron chi connectivity index (χ3n) is 4.10. The molecule has 1 amide bonds. The molecule has 1 N–H and O–H groups in total. The number of thioether (sulfide) groups is 1. The maximum Gasteiger partial charge on any atom is 0.252 e. The highest BCUT2D eigenvalue weighted by Gasteiger charge is 2.17. The predicted octanol–water partition coefficient (Wildman–Crippen LogP) is 4.79. The Morgan fingerprint density at radius 2 is 2.11 bits per heavy atom. The Morgan fingerprint density at radius 1 is 1.25 bits per heavy atom. The number of thiazole rings is 1. The van der Waals surface area contributed by atoms with Crippen LogP contribution in [0.4, 0.5) is 0 Å². The van der Waals surface area contributed by atoms with Crippen LogP contribution in [0.2, 0.25) is 5.02 Å². The Bertz CT molecular complexity index is 980. The maximum atomic E-state index is 12.7. The first-order chi connectivity index (χ1) is 13.7. The van der Waals surface area contributed by atoms with Crippen molar-refractivity contribution < 1.29 is 14.3 Å². The number of rotatable bonds is 6. The summed E-state index contributed by atoms with van der Waals surface area (Å²) in [5, 5.41) is 5.46. The summed E-state index contributed by atoms with van der Waals surface area (Å²) in [5.41, 5.74) is 4.32. The molecule has 5 nitrogen and oxygen atoms in total. The summed E-state index contributed by atoms with van der Waals surface area (Å²) in [6.45, 7) is 1.32. The smallest absolute Gasteiger partial charge is 0.252 e. The minimum absolute atomic E-state index is 0.132. The van der Waals surface area contributed by atoms with E-state index in [4.69, 9.17) is 21.1 Å². The van der Waals surface area contributed by atoms with Gasteiger partial charge >= 0.3 is 0 Å². The molecule has 144 valence electrons. The van der Waals surface area contributed by atoms with Gasteiger partial charge in [-0.25, -0.2) is 4.98 Å². The molecule has 0 saturated heterocycles. The van der Waals surface area contributed by atoms with Gasteiger partial charge in [-0.3, -0.25) is 4.79 Å². The normalized spacial score (nSPS) is 12.6. The average Bonchev–Trinajstić information content (AvgIpc) is 3.24. The van der Waals surface area contributed by atoms with Crippen molar-refractivity contribution in [3.63, 3.8) is 0 Å². The summed E-state index contributed by atoms with van der Waals surface area (Å²) < 4.78 is 11.1. The maximum absolute atomic E-state index is 12.7. The summed E-state index contributed by atoms with van der Waals surface area (Å²) in [6, 6.07) is 11.2. The second kappa shape index (κ2) is 8.86. The van der Waals surface area contributed by atoms with Crippen LogP contribution in [0.15, 0.2) is 52.2 Å². The minimum Gasteiger partial charge on any atom is -0.486 e. The lowest BCUT2D eigenvalue weighted by atomic mass is 10.1. The van der Waals surface area contributed by atoms with Gasteiger partial charge in [-0.2, -0.15) is 0 Å². The van der Waals surface area contributed by atoms with Gasteiger partial charge in [0, 0.05) is 22.6 Å². The number of nitrogens with zero attached hydrogens (tertiary/aromatic N) is 1. The van der Waals surface area contributed by atoms with Crippen LogP contribution in [0.5, 0.6) is 11.5 Å². The summed E-state index contributed by atoms with van der Waals surface area (Å²) in [5.74, 6) is 1.77. The van der Waals surface area contributed by atoms with Crippen molar-refractivity contribution in [2.45, 2.75) is 17.2 Å². The lowest BCUT2D eigenvalue weighted by Gasteiger charge is -2.20. The number of hydrogen-bond acceptors (Lipinski definition) is 6. The molecule has 0 spiro atoms. The van der Waals surface area contributed by atoms with Crippen molar-refractivity contribution >= 4 is 40.6 Å². The highest BCUT2D eigenvalue weighted by atomic mass is 35.5. The molecular weight excluding hydrogens is 416 g/mol. The van der Waals surface area contributed by atoms with Gasteiger partial charge in [0.25, 0.3) is 5.91 Å². The van der Waals surface area contributed by atoms with E-state index in [-0.39, 0.29) is 5.91 Å². The van der Waals surface area contributed by atoms with Gasteiger partial charge in [-0.05, 0) is 29.8 Å². The van der Waals surface area contributed by atoms with E-state index < -0.39 is 0 Å². The molecule has 4 rings (SSSR count). The monoisotopic (exact) mass is 432 g/mol. The van der Waals surface area contributed by atoms with Gasteiger partial charge in [0.05, 0.1) is 21.8 Å². The Kier molecular flexibility index (Phi) is 6.04. The van der Waals surface area contributed by atoms with E-state index in [0.717, 1.165) is 21.9 Å². The van der Waals surface area contributed by atoms with Gasteiger partial charge in [0.1, 0.15) is 13.2 Å². The van der Waals surface area contributed by atoms with Crippen molar-refractivity contribution in [1.29, 1.82) is 0 Å². The number of amides is 1. The first-order valence-corrected chi connectivity index (χ1v) is 11.0. The Morgan fingerprint density at radius 3 is 2.96 bits per heavy atom. The molecule has 1 aliphatic heterocycles.